The lowest BCUT2D eigenvalue weighted by atomic mass is 9.82. The van der Waals surface area contributed by atoms with Crippen molar-refractivity contribution in [3.63, 3.8) is 0 Å². The molecule has 0 aliphatic carbocycles. The number of benzene rings is 2. The fraction of sp³-hybridized carbons (Fsp3) is 0.148. The third-order valence-corrected chi connectivity index (χ3v) is 6.90. The third-order valence-electron chi connectivity index (χ3n) is 6.05. The Hall–Kier alpha value is -4.95. The fourth-order valence-electron chi connectivity index (χ4n) is 4.26. The normalized spacial score (nSPS) is 14.2. The lowest BCUT2D eigenvalue weighted by Gasteiger charge is -2.25. The molecule has 1 atom stereocenters. The summed E-state index contributed by atoms with van der Waals surface area (Å²) in [5.74, 6) is 0.222. The molecule has 1 aliphatic heterocycles. The molecule has 0 amide bonds. The molecule has 3 N–H and O–H groups in total. The summed E-state index contributed by atoms with van der Waals surface area (Å²) in [6, 6.07) is 16.3. The summed E-state index contributed by atoms with van der Waals surface area (Å²) in [6.45, 7) is 0. The number of rotatable bonds is 7. The summed E-state index contributed by atoms with van der Waals surface area (Å²) >= 11 is 1.26. The van der Waals surface area contributed by atoms with Crippen molar-refractivity contribution in [2.45, 2.75) is 5.92 Å². The van der Waals surface area contributed by atoms with Crippen LogP contribution in [0.25, 0.3) is 11.3 Å². The van der Waals surface area contributed by atoms with E-state index >= 15 is 0 Å². The van der Waals surface area contributed by atoms with Gasteiger partial charge in [0.1, 0.15) is 22.3 Å². The summed E-state index contributed by atoms with van der Waals surface area (Å²) in [6.07, 6.45) is 0. The van der Waals surface area contributed by atoms with Gasteiger partial charge in [0.15, 0.2) is 11.5 Å². The lowest BCUT2D eigenvalue weighted by Crippen LogP contribution is -2.21. The molecule has 5 rings (SSSR count). The van der Waals surface area contributed by atoms with E-state index in [-0.39, 0.29) is 34.6 Å². The number of carbonyl (C=O) groups excluding carboxylic acids is 1. The zero-order valence-corrected chi connectivity index (χ0v) is 21.4. The highest BCUT2D eigenvalue weighted by Crippen LogP contribution is 2.49. The number of nitriles is 1. The van der Waals surface area contributed by atoms with Gasteiger partial charge in [-0.2, -0.15) is 5.26 Å². The summed E-state index contributed by atoms with van der Waals surface area (Å²) in [5.41, 5.74) is 8.96. The number of hydrogen-bond acceptors (Lipinski definition) is 10. The summed E-state index contributed by atoms with van der Waals surface area (Å²) in [5, 5.41) is 19.2. The second kappa shape index (κ2) is 10.2. The molecule has 3 heterocycles. The van der Waals surface area contributed by atoms with Crippen molar-refractivity contribution < 1.29 is 28.5 Å². The van der Waals surface area contributed by atoms with Crippen molar-refractivity contribution >= 4 is 17.3 Å². The SMILES string of the molecule is COc1ccc(-c2[nH]nc3c2C(c2cc(OC)c(OC(=O)c4cccs4)c(OC)c2)C(C#N)=C(N)O3)cc1. The Labute approximate surface area is 221 Å². The van der Waals surface area contributed by atoms with Crippen LogP contribution in [0, 0.1) is 11.3 Å². The zero-order valence-electron chi connectivity index (χ0n) is 20.6. The maximum absolute atomic E-state index is 12.7. The number of H-pyrrole nitrogens is 1. The monoisotopic (exact) mass is 530 g/mol. The number of esters is 1. The number of hydrogen-bond donors (Lipinski definition) is 2. The molecular formula is C27H22N4O6S. The number of allylic oxidation sites excluding steroid dienone is 1. The van der Waals surface area contributed by atoms with Crippen LogP contribution < -0.4 is 29.4 Å². The van der Waals surface area contributed by atoms with Gasteiger partial charge in [0.05, 0.1) is 38.5 Å². The molecule has 10 nitrogen and oxygen atoms in total. The Morgan fingerprint density at radius 2 is 1.82 bits per heavy atom. The van der Waals surface area contributed by atoms with E-state index in [0.717, 1.165) is 5.56 Å². The molecule has 1 aliphatic rings. The summed E-state index contributed by atoms with van der Waals surface area (Å²) in [4.78, 5) is 13.1. The quantitative estimate of drug-likeness (QED) is 0.259. The first-order valence-electron chi connectivity index (χ1n) is 11.3. The topological polar surface area (TPSA) is 142 Å². The van der Waals surface area contributed by atoms with Gasteiger partial charge in [0.2, 0.25) is 17.5 Å². The Balaban J connectivity index is 1.65. The van der Waals surface area contributed by atoms with Crippen molar-refractivity contribution in [2.75, 3.05) is 21.3 Å². The molecule has 0 fully saturated rings. The molecule has 192 valence electrons. The van der Waals surface area contributed by atoms with Crippen molar-refractivity contribution in [3.05, 3.63) is 81.4 Å². The highest BCUT2D eigenvalue weighted by Gasteiger charge is 2.37. The average Bonchev–Trinajstić information content (AvgIpc) is 3.63. The average molecular weight is 531 g/mol. The Bertz CT molecular complexity index is 1540. The molecule has 11 heteroatoms. The van der Waals surface area contributed by atoms with Gasteiger partial charge in [-0.3, -0.25) is 5.10 Å². The predicted octanol–water partition coefficient (Wildman–Crippen LogP) is 4.60. The van der Waals surface area contributed by atoms with Gasteiger partial charge < -0.3 is 29.4 Å². The smallest absolute Gasteiger partial charge is 0.353 e. The molecule has 2 aromatic carbocycles. The van der Waals surface area contributed by atoms with Gasteiger partial charge in [-0.05, 0) is 53.4 Å². The van der Waals surface area contributed by atoms with Crippen LogP contribution in [-0.2, 0) is 0 Å². The molecule has 4 aromatic rings. The summed E-state index contributed by atoms with van der Waals surface area (Å²) in [7, 11) is 4.49. The van der Waals surface area contributed by atoms with E-state index in [1.807, 2.05) is 24.3 Å². The van der Waals surface area contributed by atoms with Crippen LogP contribution in [0.1, 0.15) is 26.7 Å². The van der Waals surface area contributed by atoms with E-state index in [1.54, 1.807) is 36.8 Å². The minimum absolute atomic E-state index is 0.0658. The van der Waals surface area contributed by atoms with Crippen LogP contribution in [0.4, 0.5) is 0 Å². The molecule has 0 bridgehead atoms. The Morgan fingerprint density at radius 1 is 1.11 bits per heavy atom. The second-order valence-electron chi connectivity index (χ2n) is 8.09. The van der Waals surface area contributed by atoms with Gasteiger partial charge in [0.25, 0.3) is 0 Å². The number of methoxy groups -OCH3 is 3. The van der Waals surface area contributed by atoms with Gasteiger partial charge in [-0.25, -0.2) is 4.79 Å². The molecular weight excluding hydrogens is 508 g/mol. The summed E-state index contributed by atoms with van der Waals surface area (Å²) < 4.78 is 27.8. The van der Waals surface area contributed by atoms with Crippen LogP contribution in [0.5, 0.6) is 28.9 Å². The lowest BCUT2D eigenvalue weighted by molar-refractivity contribution is 0.0729. The van der Waals surface area contributed by atoms with Crippen molar-refractivity contribution in [1.29, 1.82) is 5.26 Å². The van der Waals surface area contributed by atoms with E-state index in [4.69, 9.17) is 29.4 Å². The number of fused-ring (bicyclic) bond motifs is 1. The third kappa shape index (κ3) is 4.27. The molecule has 2 aromatic heterocycles. The fourth-order valence-corrected chi connectivity index (χ4v) is 4.86. The molecule has 38 heavy (non-hydrogen) atoms. The Morgan fingerprint density at radius 3 is 2.39 bits per heavy atom. The van der Waals surface area contributed by atoms with Crippen LogP contribution in [0.15, 0.2) is 65.4 Å². The van der Waals surface area contributed by atoms with Gasteiger partial charge in [0, 0.05) is 5.56 Å². The predicted molar refractivity (Wildman–Crippen MR) is 139 cm³/mol. The first-order valence-corrected chi connectivity index (χ1v) is 12.2. The molecule has 1 unspecified atom stereocenters. The number of aromatic nitrogens is 2. The maximum atomic E-state index is 12.7. The molecule has 0 radical (unpaired) electrons. The van der Waals surface area contributed by atoms with E-state index in [2.05, 4.69) is 16.3 Å². The number of nitrogens with one attached hydrogen (secondary N) is 1. The van der Waals surface area contributed by atoms with E-state index in [9.17, 15) is 10.1 Å². The minimum Gasteiger partial charge on any atom is -0.497 e. The standard InChI is InChI=1S/C27H22N4O6S/c1-33-16-8-6-14(7-9-16)23-22-21(17(13-28)25(29)37-26(22)31-30-23)15-11-18(34-2)24(19(12-15)35-3)36-27(32)20-5-4-10-38-20/h4-12,21H,29H2,1-3H3,(H,30,31). The number of nitrogens with zero attached hydrogens (tertiary/aromatic N) is 2. The van der Waals surface area contributed by atoms with E-state index in [1.165, 1.54) is 25.6 Å². The second-order valence-corrected chi connectivity index (χ2v) is 9.04. The Kier molecular flexibility index (Phi) is 6.64. The maximum Gasteiger partial charge on any atom is 0.353 e. The van der Waals surface area contributed by atoms with E-state index in [0.29, 0.717) is 27.4 Å². The van der Waals surface area contributed by atoms with Gasteiger partial charge in [-0.1, -0.05) is 6.07 Å². The van der Waals surface area contributed by atoms with Crippen LogP contribution in [0.2, 0.25) is 0 Å². The number of carbonyl (C=O) groups is 1. The van der Waals surface area contributed by atoms with Crippen LogP contribution in [0.3, 0.4) is 0 Å². The first-order chi connectivity index (χ1) is 18.5. The number of ether oxygens (including phenoxy) is 5. The van der Waals surface area contributed by atoms with Gasteiger partial charge >= 0.3 is 5.97 Å². The van der Waals surface area contributed by atoms with Crippen molar-refractivity contribution in [2.24, 2.45) is 5.73 Å². The van der Waals surface area contributed by atoms with Crippen LogP contribution in [-0.4, -0.2) is 37.5 Å². The molecule has 0 saturated carbocycles. The van der Waals surface area contributed by atoms with Crippen LogP contribution >= 0.6 is 11.3 Å². The van der Waals surface area contributed by atoms with Crippen molar-refractivity contribution in [1.82, 2.24) is 10.2 Å². The molecule has 0 spiro atoms. The molecule has 0 saturated heterocycles. The highest BCUT2D eigenvalue weighted by molar-refractivity contribution is 7.12. The van der Waals surface area contributed by atoms with Gasteiger partial charge in [-0.15, -0.1) is 16.4 Å². The van der Waals surface area contributed by atoms with Crippen molar-refractivity contribution in [3.8, 4) is 46.2 Å². The number of aromatic amines is 1. The highest BCUT2D eigenvalue weighted by atomic mass is 32.1. The number of nitrogens with two attached hydrogens (primary N) is 1. The zero-order chi connectivity index (χ0) is 26.8. The number of thiophene rings is 1. The minimum atomic E-state index is -0.690. The largest absolute Gasteiger partial charge is 0.497 e. The van der Waals surface area contributed by atoms with E-state index < -0.39 is 11.9 Å². The first kappa shape index (κ1) is 24.7.